The average Bonchev–Trinajstić information content (AvgIpc) is 2.55. The standard InChI is InChI=1S/C17H11BrF3NO3S/c18-13-6-8-15(16(10-13)25-17(19,20)21)22-26(23,24)14-7-5-11-3-1-2-4-12(11)9-14/h1-10,22H. The molecule has 0 heterocycles. The van der Waals surface area contributed by atoms with Crippen molar-refractivity contribution in [3.63, 3.8) is 0 Å². The maximum atomic E-state index is 12.6. The minimum absolute atomic E-state index is 0.0722. The highest BCUT2D eigenvalue weighted by Crippen LogP contribution is 2.34. The van der Waals surface area contributed by atoms with Crippen molar-refractivity contribution >= 4 is 42.4 Å². The van der Waals surface area contributed by atoms with Crippen molar-refractivity contribution in [2.24, 2.45) is 0 Å². The minimum atomic E-state index is -4.95. The van der Waals surface area contributed by atoms with Gasteiger partial charge in [-0.2, -0.15) is 0 Å². The summed E-state index contributed by atoms with van der Waals surface area (Å²) in [5, 5.41) is 1.54. The van der Waals surface area contributed by atoms with Gasteiger partial charge in [-0.05, 0) is 41.1 Å². The number of nitrogens with one attached hydrogen (secondary N) is 1. The van der Waals surface area contributed by atoms with Crippen LogP contribution in [-0.2, 0) is 10.0 Å². The predicted octanol–water partition coefficient (Wildman–Crippen LogP) is 5.30. The topological polar surface area (TPSA) is 55.4 Å². The van der Waals surface area contributed by atoms with Crippen LogP contribution < -0.4 is 9.46 Å². The van der Waals surface area contributed by atoms with Gasteiger partial charge in [0, 0.05) is 4.47 Å². The first-order valence-corrected chi connectivity index (χ1v) is 9.49. The number of alkyl halides is 3. The molecule has 0 fully saturated rings. The highest BCUT2D eigenvalue weighted by molar-refractivity contribution is 9.10. The van der Waals surface area contributed by atoms with E-state index in [0.717, 1.165) is 11.5 Å². The van der Waals surface area contributed by atoms with Crippen molar-refractivity contribution in [3.8, 4) is 5.75 Å². The van der Waals surface area contributed by atoms with E-state index in [0.29, 0.717) is 9.86 Å². The van der Waals surface area contributed by atoms with E-state index in [-0.39, 0.29) is 10.6 Å². The molecular formula is C17H11BrF3NO3S. The van der Waals surface area contributed by atoms with Gasteiger partial charge in [-0.1, -0.05) is 46.3 Å². The number of hydrogen-bond donors (Lipinski definition) is 1. The number of halogens is 4. The third-order valence-electron chi connectivity index (χ3n) is 3.44. The summed E-state index contributed by atoms with van der Waals surface area (Å²) in [5.74, 6) is -0.656. The normalized spacial score (nSPS) is 12.2. The van der Waals surface area contributed by atoms with E-state index in [2.05, 4.69) is 25.4 Å². The highest BCUT2D eigenvalue weighted by Gasteiger charge is 2.33. The van der Waals surface area contributed by atoms with Crippen molar-refractivity contribution < 1.29 is 26.3 Å². The van der Waals surface area contributed by atoms with Crippen LogP contribution in [0.4, 0.5) is 18.9 Å². The van der Waals surface area contributed by atoms with Crippen molar-refractivity contribution in [2.45, 2.75) is 11.3 Å². The number of hydrogen-bond acceptors (Lipinski definition) is 3. The molecule has 0 bridgehead atoms. The molecule has 136 valence electrons. The molecular weight excluding hydrogens is 435 g/mol. The van der Waals surface area contributed by atoms with Gasteiger partial charge in [0.05, 0.1) is 10.6 Å². The maximum absolute atomic E-state index is 12.6. The van der Waals surface area contributed by atoms with E-state index in [1.54, 1.807) is 18.2 Å². The van der Waals surface area contributed by atoms with Crippen LogP contribution in [0.15, 0.2) is 70.0 Å². The molecule has 0 saturated carbocycles. The minimum Gasteiger partial charge on any atom is -0.403 e. The van der Waals surface area contributed by atoms with Gasteiger partial charge < -0.3 is 4.74 Å². The number of ether oxygens (including phenoxy) is 1. The second-order valence-electron chi connectivity index (χ2n) is 5.30. The molecule has 9 heteroatoms. The number of anilines is 1. The molecule has 0 saturated heterocycles. The Morgan fingerprint density at radius 2 is 1.62 bits per heavy atom. The fourth-order valence-corrected chi connectivity index (χ4v) is 3.77. The van der Waals surface area contributed by atoms with Crippen molar-refractivity contribution in [3.05, 3.63) is 65.1 Å². The molecule has 3 rings (SSSR count). The lowest BCUT2D eigenvalue weighted by atomic mass is 10.1. The molecule has 0 aliphatic carbocycles. The van der Waals surface area contributed by atoms with Crippen LogP contribution in [0, 0.1) is 0 Å². The Kier molecular flexibility index (Phi) is 4.85. The summed E-state index contributed by atoms with van der Waals surface area (Å²) >= 11 is 3.03. The predicted molar refractivity (Wildman–Crippen MR) is 95.6 cm³/mol. The van der Waals surface area contributed by atoms with Crippen LogP contribution in [0.3, 0.4) is 0 Å². The maximum Gasteiger partial charge on any atom is 0.573 e. The summed E-state index contributed by atoms with van der Waals surface area (Å²) in [4.78, 5) is -0.0722. The van der Waals surface area contributed by atoms with Gasteiger partial charge in [0.25, 0.3) is 10.0 Å². The number of sulfonamides is 1. The first kappa shape index (κ1) is 18.5. The van der Waals surface area contributed by atoms with E-state index < -0.39 is 22.1 Å². The lowest BCUT2D eigenvalue weighted by molar-refractivity contribution is -0.274. The molecule has 0 radical (unpaired) electrons. The Labute approximate surface area is 155 Å². The first-order chi connectivity index (χ1) is 12.1. The zero-order chi connectivity index (χ0) is 18.9. The summed E-state index contributed by atoms with van der Waals surface area (Å²) in [6, 6.07) is 15.2. The molecule has 0 aliphatic rings. The molecule has 26 heavy (non-hydrogen) atoms. The summed E-state index contributed by atoms with van der Waals surface area (Å²) in [7, 11) is -4.11. The molecule has 0 aromatic heterocycles. The van der Waals surface area contributed by atoms with Crippen LogP contribution in [-0.4, -0.2) is 14.8 Å². The van der Waals surface area contributed by atoms with E-state index in [9.17, 15) is 21.6 Å². The van der Waals surface area contributed by atoms with E-state index in [1.807, 2.05) is 12.1 Å². The van der Waals surface area contributed by atoms with Gasteiger partial charge in [-0.25, -0.2) is 8.42 Å². The lowest BCUT2D eigenvalue weighted by Gasteiger charge is -2.15. The molecule has 0 unspecified atom stereocenters. The molecule has 0 amide bonds. The van der Waals surface area contributed by atoms with Gasteiger partial charge in [-0.3, -0.25) is 4.72 Å². The SMILES string of the molecule is O=S(=O)(Nc1ccc(Br)cc1OC(F)(F)F)c1ccc2ccccc2c1. The number of rotatable bonds is 4. The molecule has 0 atom stereocenters. The summed E-state index contributed by atoms with van der Waals surface area (Å²) in [6.45, 7) is 0. The number of benzene rings is 3. The van der Waals surface area contributed by atoms with E-state index >= 15 is 0 Å². The van der Waals surface area contributed by atoms with Gasteiger partial charge in [-0.15, -0.1) is 13.2 Å². The first-order valence-electron chi connectivity index (χ1n) is 7.21. The average molecular weight is 446 g/mol. The fraction of sp³-hybridized carbons (Fsp3) is 0.0588. The van der Waals surface area contributed by atoms with Crippen LogP contribution in [0.1, 0.15) is 0 Å². The second-order valence-corrected chi connectivity index (χ2v) is 7.90. The van der Waals surface area contributed by atoms with Crippen molar-refractivity contribution in [2.75, 3.05) is 4.72 Å². The zero-order valence-corrected chi connectivity index (χ0v) is 15.3. The number of fused-ring (bicyclic) bond motifs is 1. The quantitative estimate of drug-likeness (QED) is 0.592. The van der Waals surface area contributed by atoms with Crippen LogP contribution >= 0.6 is 15.9 Å². The van der Waals surface area contributed by atoms with Crippen LogP contribution in [0.5, 0.6) is 5.75 Å². The van der Waals surface area contributed by atoms with Gasteiger partial charge >= 0.3 is 6.36 Å². The summed E-state index contributed by atoms with van der Waals surface area (Å²) in [5.41, 5.74) is -0.321. The molecule has 4 nitrogen and oxygen atoms in total. The molecule has 0 spiro atoms. The van der Waals surface area contributed by atoms with Gasteiger partial charge in [0.15, 0.2) is 5.75 Å². The van der Waals surface area contributed by atoms with E-state index in [4.69, 9.17) is 0 Å². The summed E-state index contributed by atoms with van der Waals surface area (Å²) < 4.78 is 69.2. The Balaban J connectivity index is 1.98. The molecule has 1 N–H and O–H groups in total. The molecule has 3 aromatic rings. The Hall–Kier alpha value is -2.26. The smallest absolute Gasteiger partial charge is 0.403 e. The Morgan fingerprint density at radius 3 is 2.31 bits per heavy atom. The Morgan fingerprint density at radius 1 is 0.923 bits per heavy atom. The zero-order valence-electron chi connectivity index (χ0n) is 12.9. The molecule has 3 aromatic carbocycles. The van der Waals surface area contributed by atoms with Crippen molar-refractivity contribution in [1.29, 1.82) is 0 Å². The Bertz CT molecular complexity index is 1070. The van der Waals surface area contributed by atoms with Crippen LogP contribution in [0.2, 0.25) is 0 Å². The van der Waals surface area contributed by atoms with Gasteiger partial charge in [0.2, 0.25) is 0 Å². The third kappa shape index (κ3) is 4.28. The van der Waals surface area contributed by atoms with Crippen LogP contribution in [0.25, 0.3) is 10.8 Å². The summed E-state index contributed by atoms with van der Waals surface area (Å²) in [6.07, 6.45) is -4.95. The molecule has 0 aliphatic heterocycles. The second kappa shape index (κ2) is 6.81. The monoisotopic (exact) mass is 445 g/mol. The largest absolute Gasteiger partial charge is 0.573 e. The van der Waals surface area contributed by atoms with E-state index in [1.165, 1.54) is 24.3 Å². The third-order valence-corrected chi connectivity index (χ3v) is 5.30. The van der Waals surface area contributed by atoms with Gasteiger partial charge in [0.1, 0.15) is 0 Å². The van der Waals surface area contributed by atoms with Crippen molar-refractivity contribution in [1.82, 2.24) is 0 Å². The lowest BCUT2D eigenvalue weighted by Crippen LogP contribution is -2.20. The highest BCUT2D eigenvalue weighted by atomic mass is 79.9. The fourth-order valence-electron chi connectivity index (χ4n) is 2.33.